The summed E-state index contributed by atoms with van der Waals surface area (Å²) >= 11 is 0. The van der Waals surface area contributed by atoms with Gasteiger partial charge in [-0.3, -0.25) is 4.90 Å². The third kappa shape index (κ3) is 7.16. The van der Waals surface area contributed by atoms with Crippen LogP contribution in [0.3, 0.4) is 0 Å². The van der Waals surface area contributed by atoms with Crippen molar-refractivity contribution in [1.82, 2.24) is 4.90 Å². The molecule has 7 nitrogen and oxygen atoms in total. The molecule has 1 unspecified atom stereocenters. The summed E-state index contributed by atoms with van der Waals surface area (Å²) < 4.78 is 36.2. The third-order valence-corrected chi connectivity index (χ3v) is 11.3. The van der Waals surface area contributed by atoms with Crippen LogP contribution in [0.2, 0.25) is 6.04 Å². The van der Waals surface area contributed by atoms with Crippen LogP contribution in [0.5, 0.6) is 0 Å². The van der Waals surface area contributed by atoms with Gasteiger partial charge >= 0.3 is 17.6 Å². The Hall–Kier alpha value is 0.154. The summed E-state index contributed by atoms with van der Waals surface area (Å²) in [5.41, 5.74) is 0.250. The maximum Gasteiger partial charge on any atom is 0.519 e. The van der Waals surface area contributed by atoms with Crippen molar-refractivity contribution in [2.75, 3.05) is 52.7 Å². The van der Waals surface area contributed by atoms with Crippen LogP contribution in [0.25, 0.3) is 0 Å². The minimum absolute atomic E-state index is 0.250. The number of rotatable bonds is 17. The molecule has 27 heavy (non-hydrogen) atoms. The molecule has 0 N–H and O–H groups in total. The van der Waals surface area contributed by atoms with Gasteiger partial charge in [-0.05, 0) is 67.5 Å². The van der Waals surface area contributed by atoms with Gasteiger partial charge in [0, 0.05) is 45.7 Å². The lowest BCUT2D eigenvalue weighted by Crippen LogP contribution is -2.68. The summed E-state index contributed by atoms with van der Waals surface area (Å²) in [5.74, 6) is 0. The van der Waals surface area contributed by atoms with Crippen LogP contribution in [0.1, 0.15) is 54.4 Å². The average Bonchev–Trinajstić information content (AvgIpc) is 2.59. The Labute approximate surface area is 168 Å². The van der Waals surface area contributed by atoms with Gasteiger partial charge in [-0.2, -0.15) is 0 Å². The smallest absolute Gasteiger partial charge is 0.374 e. The fourth-order valence-electron chi connectivity index (χ4n) is 3.63. The highest BCUT2D eigenvalue weighted by atomic mass is 28.4. The topological polar surface area (TPSA) is 58.6 Å². The van der Waals surface area contributed by atoms with Crippen LogP contribution in [0, 0.1) is 0 Å². The Kier molecular flexibility index (Phi) is 12.5. The summed E-state index contributed by atoms with van der Waals surface area (Å²) in [6.45, 7) is 17.7. The maximum absolute atomic E-state index is 6.09. The van der Waals surface area contributed by atoms with Crippen LogP contribution in [0.4, 0.5) is 0 Å². The van der Waals surface area contributed by atoms with Crippen LogP contribution in [-0.2, 0) is 26.6 Å². The molecule has 0 aromatic rings. The Morgan fingerprint density at radius 2 is 1.15 bits per heavy atom. The van der Waals surface area contributed by atoms with Gasteiger partial charge in [0.1, 0.15) is 0 Å². The summed E-state index contributed by atoms with van der Waals surface area (Å²) in [7, 11) is -5.25. The Morgan fingerprint density at radius 1 is 0.704 bits per heavy atom. The van der Waals surface area contributed by atoms with E-state index < -0.39 is 17.6 Å². The molecule has 0 amide bonds. The Bertz CT molecular complexity index is 357. The lowest BCUT2D eigenvalue weighted by Gasteiger charge is -2.48. The van der Waals surface area contributed by atoms with Crippen molar-refractivity contribution in [2.45, 2.75) is 66.1 Å². The number of likely N-dealkylation sites (tertiary alicyclic amines) is 1. The van der Waals surface area contributed by atoms with Crippen molar-refractivity contribution >= 4 is 17.6 Å². The highest BCUT2D eigenvalue weighted by Crippen LogP contribution is 2.30. The van der Waals surface area contributed by atoms with E-state index >= 15 is 0 Å². The van der Waals surface area contributed by atoms with Crippen molar-refractivity contribution in [2.24, 2.45) is 0 Å². The van der Waals surface area contributed by atoms with E-state index in [9.17, 15) is 0 Å². The number of nitrogens with zero attached hydrogens (tertiary/aromatic N) is 1. The second-order valence-electron chi connectivity index (χ2n) is 6.33. The lowest BCUT2D eigenvalue weighted by molar-refractivity contribution is 0.00391. The van der Waals surface area contributed by atoms with E-state index in [0.29, 0.717) is 39.6 Å². The quantitative estimate of drug-likeness (QED) is 0.333. The fourth-order valence-corrected chi connectivity index (χ4v) is 9.44. The molecule has 0 aromatic carbocycles. The summed E-state index contributed by atoms with van der Waals surface area (Å²) in [6, 6.07) is 0.832. The molecule has 0 radical (unpaired) electrons. The Balaban J connectivity index is 2.69. The highest BCUT2D eigenvalue weighted by Gasteiger charge is 2.55. The minimum atomic E-state index is -2.67. The van der Waals surface area contributed by atoms with E-state index in [2.05, 4.69) is 4.90 Å². The molecule has 1 saturated heterocycles. The summed E-state index contributed by atoms with van der Waals surface area (Å²) in [4.78, 5) is 2.44. The van der Waals surface area contributed by atoms with Gasteiger partial charge in [0.25, 0.3) is 0 Å². The van der Waals surface area contributed by atoms with Crippen LogP contribution in [0.15, 0.2) is 0 Å². The van der Waals surface area contributed by atoms with Gasteiger partial charge in [0.05, 0.1) is 5.67 Å². The molecule has 1 atom stereocenters. The Morgan fingerprint density at radius 3 is 1.48 bits per heavy atom. The van der Waals surface area contributed by atoms with Crippen molar-refractivity contribution in [3.63, 3.8) is 0 Å². The number of hydrogen-bond acceptors (Lipinski definition) is 7. The van der Waals surface area contributed by atoms with Crippen molar-refractivity contribution < 1.29 is 26.6 Å². The molecule has 162 valence electrons. The van der Waals surface area contributed by atoms with Crippen LogP contribution in [-0.4, -0.2) is 80.9 Å². The van der Waals surface area contributed by atoms with E-state index in [1.807, 2.05) is 41.5 Å². The van der Waals surface area contributed by atoms with Crippen molar-refractivity contribution in [1.29, 1.82) is 0 Å². The zero-order chi connectivity index (χ0) is 20.2. The first-order chi connectivity index (χ1) is 13.1. The fraction of sp³-hybridized carbons (Fsp3) is 1.00. The summed E-state index contributed by atoms with van der Waals surface area (Å²) in [6.07, 6.45) is 2.04. The molecule has 0 spiro atoms. The molecule has 1 rings (SSSR count). The number of hydrogen-bond donors (Lipinski definition) is 0. The second kappa shape index (κ2) is 13.4. The molecule has 0 bridgehead atoms. The molecule has 1 aliphatic rings. The molecule has 1 fully saturated rings. The first kappa shape index (κ1) is 25.2. The second-order valence-corrected chi connectivity index (χ2v) is 11.8. The lowest BCUT2D eigenvalue weighted by atomic mass is 10.2. The van der Waals surface area contributed by atoms with Crippen LogP contribution >= 0.6 is 0 Å². The van der Waals surface area contributed by atoms with E-state index in [4.69, 9.17) is 26.6 Å². The van der Waals surface area contributed by atoms with Gasteiger partial charge in [-0.1, -0.05) is 0 Å². The van der Waals surface area contributed by atoms with E-state index in [-0.39, 0.29) is 5.67 Å². The monoisotopic (exact) mass is 423 g/mol. The van der Waals surface area contributed by atoms with Gasteiger partial charge in [0.15, 0.2) is 0 Å². The predicted octanol–water partition coefficient (Wildman–Crippen LogP) is 3.09. The molecule has 1 heterocycles. The predicted molar refractivity (Wildman–Crippen MR) is 111 cm³/mol. The zero-order valence-electron chi connectivity index (χ0n) is 18.3. The van der Waals surface area contributed by atoms with Gasteiger partial charge < -0.3 is 26.6 Å². The minimum Gasteiger partial charge on any atom is -0.374 e. The zero-order valence-corrected chi connectivity index (χ0v) is 20.3. The molecule has 9 heteroatoms. The SMILES string of the molecule is CCO[Si](CCCN1CCC1[Si](OCC)(OCC)OCC)(OCC)OCC. The van der Waals surface area contributed by atoms with E-state index in [0.717, 1.165) is 32.0 Å². The molecular formula is C18H41NO6Si2. The first-order valence-corrected chi connectivity index (χ1v) is 14.4. The highest BCUT2D eigenvalue weighted by molar-refractivity contribution is 6.62. The first-order valence-electron chi connectivity index (χ1n) is 10.6. The van der Waals surface area contributed by atoms with Gasteiger partial charge in [0.2, 0.25) is 0 Å². The maximum atomic E-state index is 6.09. The van der Waals surface area contributed by atoms with Gasteiger partial charge in [-0.25, -0.2) is 0 Å². The largest absolute Gasteiger partial charge is 0.519 e. The van der Waals surface area contributed by atoms with Crippen molar-refractivity contribution in [3.8, 4) is 0 Å². The molecule has 0 aliphatic carbocycles. The van der Waals surface area contributed by atoms with Gasteiger partial charge in [-0.15, -0.1) is 0 Å². The van der Waals surface area contributed by atoms with Crippen LogP contribution < -0.4 is 0 Å². The molecule has 1 aliphatic heterocycles. The molecule has 0 aromatic heterocycles. The van der Waals surface area contributed by atoms with E-state index in [1.165, 1.54) is 0 Å². The van der Waals surface area contributed by atoms with Crippen molar-refractivity contribution in [3.05, 3.63) is 0 Å². The van der Waals surface area contributed by atoms with E-state index in [1.54, 1.807) is 0 Å². The molecular weight excluding hydrogens is 382 g/mol. The third-order valence-electron chi connectivity index (χ3n) is 4.60. The average molecular weight is 424 g/mol. The molecule has 0 saturated carbocycles. The standard InChI is InChI=1S/C18H41NO6Si2/c1-7-20-26(21-8-2,22-9-3)17-13-15-19-16-14-18(19)27(23-10-4,24-11-5)25-12-6/h18H,7-17H2,1-6H3. The normalized spacial score (nSPS) is 18.7. The summed E-state index contributed by atoms with van der Waals surface area (Å²) in [5, 5.41) is 0.